The molecule has 0 unspecified atom stereocenters. The van der Waals surface area contributed by atoms with Gasteiger partial charge in [-0.1, -0.05) is 34.6 Å². The Kier molecular flexibility index (Phi) is 4.18. The molecule has 0 spiro atoms. The first-order valence-electron chi connectivity index (χ1n) is 2.94. The second-order valence-corrected chi connectivity index (χ2v) is 3.52. The zero-order valence-electron chi connectivity index (χ0n) is 6.78. The van der Waals surface area contributed by atoms with Crippen LogP contribution in [-0.2, 0) is 0 Å². The van der Waals surface area contributed by atoms with Crippen LogP contribution in [0.3, 0.4) is 0 Å². The summed E-state index contributed by atoms with van der Waals surface area (Å²) in [6.45, 7) is 11.3. The minimum atomic E-state index is 0. The molecule has 0 heterocycles. The van der Waals surface area contributed by atoms with Gasteiger partial charge in [-0.25, -0.2) is 0 Å². The lowest BCUT2D eigenvalue weighted by atomic mass is 9.84. The van der Waals surface area contributed by atoms with Crippen molar-refractivity contribution in [2.75, 3.05) is 0 Å². The number of rotatable bonds is 0. The van der Waals surface area contributed by atoms with Gasteiger partial charge in [-0.3, -0.25) is 0 Å². The molecule has 0 saturated heterocycles. The van der Waals surface area contributed by atoms with Gasteiger partial charge in [-0.05, 0) is 11.3 Å². The molecule has 0 saturated carbocycles. The van der Waals surface area contributed by atoms with Crippen molar-refractivity contribution in [2.24, 2.45) is 11.3 Å². The molecule has 1 heteroatoms. The molecule has 0 aliphatic heterocycles. The SMILES string of the molecule is CC(C)C(C)(C)C.N. The molecule has 0 amide bonds. The third-order valence-corrected chi connectivity index (χ3v) is 1.73. The third-order valence-electron chi connectivity index (χ3n) is 1.73. The lowest BCUT2D eigenvalue weighted by molar-refractivity contribution is 0.283. The van der Waals surface area contributed by atoms with E-state index in [1.807, 2.05) is 0 Å². The molecule has 1 nitrogen and oxygen atoms in total. The normalized spacial score (nSPS) is 11.2. The van der Waals surface area contributed by atoms with Crippen molar-refractivity contribution >= 4 is 0 Å². The largest absolute Gasteiger partial charge is 0.344 e. The van der Waals surface area contributed by atoms with E-state index in [0.29, 0.717) is 5.41 Å². The van der Waals surface area contributed by atoms with E-state index < -0.39 is 0 Å². The fourth-order valence-electron chi connectivity index (χ4n) is 0. The van der Waals surface area contributed by atoms with Crippen LogP contribution in [0, 0.1) is 11.3 Å². The van der Waals surface area contributed by atoms with E-state index in [2.05, 4.69) is 34.6 Å². The van der Waals surface area contributed by atoms with Crippen LogP contribution in [0.15, 0.2) is 0 Å². The predicted octanol–water partition coefficient (Wildman–Crippen LogP) is 2.85. The average Bonchev–Trinajstić information content (AvgIpc) is 1.31. The molecule has 52 valence electrons. The lowest BCUT2D eigenvalue weighted by Gasteiger charge is -2.22. The minimum absolute atomic E-state index is 0. The molecule has 0 radical (unpaired) electrons. The Labute approximate surface area is 53.1 Å². The van der Waals surface area contributed by atoms with Crippen LogP contribution < -0.4 is 6.15 Å². The zero-order valence-corrected chi connectivity index (χ0v) is 6.78. The number of hydrogen-bond acceptors (Lipinski definition) is 1. The molecule has 0 atom stereocenters. The van der Waals surface area contributed by atoms with Crippen LogP contribution in [-0.4, -0.2) is 0 Å². The highest BCUT2D eigenvalue weighted by atomic mass is 14.2. The van der Waals surface area contributed by atoms with Crippen molar-refractivity contribution in [1.29, 1.82) is 0 Å². The molecule has 0 aromatic heterocycles. The summed E-state index contributed by atoms with van der Waals surface area (Å²) in [5, 5.41) is 0. The van der Waals surface area contributed by atoms with Crippen molar-refractivity contribution in [3.63, 3.8) is 0 Å². The van der Waals surface area contributed by atoms with Crippen LogP contribution in [0.4, 0.5) is 0 Å². The zero-order chi connectivity index (χ0) is 6.08. The molecule has 0 aliphatic rings. The standard InChI is InChI=1S/C7H16.H3N/c1-6(2)7(3,4)5;/h6H,1-5H3;1H3. The quantitative estimate of drug-likeness (QED) is 0.520. The van der Waals surface area contributed by atoms with Gasteiger partial charge in [-0.15, -0.1) is 0 Å². The molecular formula is C7H19N. The van der Waals surface area contributed by atoms with Gasteiger partial charge in [0, 0.05) is 0 Å². The predicted molar refractivity (Wildman–Crippen MR) is 39.3 cm³/mol. The summed E-state index contributed by atoms with van der Waals surface area (Å²) in [7, 11) is 0. The molecular weight excluding hydrogens is 98.1 g/mol. The Bertz CT molecular complexity index is 49.9. The topological polar surface area (TPSA) is 35.0 Å². The van der Waals surface area contributed by atoms with Crippen molar-refractivity contribution in [1.82, 2.24) is 6.15 Å². The highest BCUT2D eigenvalue weighted by Crippen LogP contribution is 2.23. The van der Waals surface area contributed by atoms with E-state index in [9.17, 15) is 0 Å². The highest BCUT2D eigenvalue weighted by molar-refractivity contribution is 4.64. The van der Waals surface area contributed by atoms with Gasteiger partial charge in [0.05, 0.1) is 0 Å². The van der Waals surface area contributed by atoms with Crippen molar-refractivity contribution in [3.8, 4) is 0 Å². The Hall–Kier alpha value is -0.0400. The molecule has 3 N–H and O–H groups in total. The fourth-order valence-corrected chi connectivity index (χ4v) is 0. The van der Waals surface area contributed by atoms with Crippen molar-refractivity contribution < 1.29 is 0 Å². The second-order valence-electron chi connectivity index (χ2n) is 3.52. The van der Waals surface area contributed by atoms with Gasteiger partial charge in [0.15, 0.2) is 0 Å². The van der Waals surface area contributed by atoms with Gasteiger partial charge < -0.3 is 6.15 Å². The highest BCUT2D eigenvalue weighted by Gasteiger charge is 2.13. The van der Waals surface area contributed by atoms with E-state index >= 15 is 0 Å². The number of hydrogen-bond donors (Lipinski definition) is 1. The van der Waals surface area contributed by atoms with Gasteiger partial charge in [0.1, 0.15) is 0 Å². The Morgan fingerprint density at radius 3 is 1.12 bits per heavy atom. The van der Waals surface area contributed by atoms with E-state index in [1.54, 1.807) is 0 Å². The fraction of sp³-hybridized carbons (Fsp3) is 1.00. The summed E-state index contributed by atoms with van der Waals surface area (Å²) in [4.78, 5) is 0. The molecule has 0 fully saturated rings. The molecule has 0 bridgehead atoms. The van der Waals surface area contributed by atoms with Crippen molar-refractivity contribution in [2.45, 2.75) is 34.6 Å². The van der Waals surface area contributed by atoms with Crippen LogP contribution in [0.1, 0.15) is 34.6 Å². The van der Waals surface area contributed by atoms with Crippen LogP contribution in [0.5, 0.6) is 0 Å². The Morgan fingerprint density at radius 1 is 1.00 bits per heavy atom. The average molecular weight is 117 g/mol. The monoisotopic (exact) mass is 117 g/mol. The first kappa shape index (κ1) is 10.9. The molecule has 0 aromatic carbocycles. The lowest BCUT2D eigenvalue weighted by Crippen LogP contribution is -2.12. The van der Waals surface area contributed by atoms with Crippen LogP contribution >= 0.6 is 0 Å². The van der Waals surface area contributed by atoms with Gasteiger partial charge in [0.2, 0.25) is 0 Å². The summed E-state index contributed by atoms with van der Waals surface area (Å²) in [5.74, 6) is 0.799. The smallest absolute Gasteiger partial charge is 0.0360 e. The van der Waals surface area contributed by atoms with Gasteiger partial charge in [-0.2, -0.15) is 0 Å². The van der Waals surface area contributed by atoms with Crippen molar-refractivity contribution in [3.05, 3.63) is 0 Å². The van der Waals surface area contributed by atoms with E-state index in [-0.39, 0.29) is 6.15 Å². The van der Waals surface area contributed by atoms with Crippen LogP contribution in [0.25, 0.3) is 0 Å². The summed E-state index contributed by atoms with van der Waals surface area (Å²) < 4.78 is 0. The maximum absolute atomic E-state index is 2.26. The van der Waals surface area contributed by atoms with Gasteiger partial charge in [0.25, 0.3) is 0 Å². The maximum atomic E-state index is 2.26. The van der Waals surface area contributed by atoms with E-state index in [4.69, 9.17) is 0 Å². The molecule has 8 heavy (non-hydrogen) atoms. The Balaban J connectivity index is 0. The summed E-state index contributed by atoms with van der Waals surface area (Å²) in [5.41, 5.74) is 0.500. The van der Waals surface area contributed by atoms with Gasteiger partial charge >= 0.3 is 0 Å². The summed E-state index contributed by atoms with van der Waals surface area (Å²) in [6, 6.07) is 0. The molecule has 0 aliphatic carbocycles. The summed E-state index contributed by atoms with van der Waals surface area (Å²) >= 11 is 0. The third kappa shape index (κ3) is 4.13. The van der Waals surface area contributed by atoms with E-state index in [1.165, 1.54) is 0 Å². The molecule has 0 rings (SSSR count). The summed E-state index contributed by atoms with van der Waals surface area (Å²) in [6.07, 6.45) is 0. The van der Waals surface area contributed by atoms with Crippen LogP contribution in [0.2, 0.25) is 0 Å². The second kappa shape index (κ2) is 3.08. The Morgan fingerprint density at radius 2 is 1.12 bits per heavy atom. The first-order valence-corrected chi connectivity index (χ1v) is 2.94. The first-order chi connectivity index (χ1) is 2.94. The molecule has 0 aromatic rings. The maximum Gasteiger partial charge on any atom is -0.0360 e. The van der Waals surface area contributed by atoms with E-state index in [0.717, 1.165) is 5.92 Å². The minimum Gasteiger partial charge on any atom is -0.344 e.